The summed E-state index contributed by atoms with van der Waals surface area (Å²) in [5.41, 5.74) is 2.20. The maximum Gasteiger partial charge on any atom is 0.137 e. The Morgan fingerprint density at radius 1 is 1.31 bits per heavy atom. The Kier molecular flexibility index (Phi) is 2.03. The average Bonchev–Trinajstić information content (AvgIpc) is 2.81. The Hall–Kier alpha value is -2.03. The Labute approximate surface area is 93.8 Å². The number of fused-ring (bicyclic) bond motifs is 1. The summed E-state index contributed by atoms with van der Waals surface area (Å²) in [5.74, 6) is 1.81. The number of imidazole rings is 1. The summed E-state index contributed by atoms with van der Waals surface area (Å²) in [5, 5.41) is 0. The molecule has 2 aromatic rings. The van der Waals surface area contributed by atoms with E-state index in [0.717, 1.165) is 22.7 Å². The van der Waals surface area contributed by atoms with E-state index in [1.54, 1.807) is 6.20 Å². The molecule has 1 unspecified atom stereocenters. The highest BCUT2D eigenvalue weighted by atomic mass is 16.5. The van der Waals surface area contributed by atoms with Crippen LogP contribution in [0.3, 0.4) is 0 Å². The molecule has 2 heterocycles. The summed E-state index contributed by atoms with van der Waals surface area (Å²) in [6.07, 6.45) is 5.76. The molecule has 0 saturated carbocycles. The Morgan fingerprint density at radius 3 is 3.00 bits per heavy atom. The first-order valence-corrected chi connectivity index (χ1v) is 5.32. The zero-order chi connectivity index (χ0) is 11.0. The number of benzene rings is 1. The lowest BCUT2D eigenvalue weighted by molar-refractivity contribution is 0.265. The first kappa shape index (κ1) is 9.21. The Morgan fingerprint density at radius 2 is 2.19 bits per heavy atom. The topological polar surface area (TPSA) is 37.9 Å². The third kappa shape index (κ3) is 1.41. The number of nitrogens with one attached hydrogen (secondary N) is 1. The van der Waals surface area contributed by atoms with Crippen molar-refractivity contribution >= 4 is 5.57 Å². The summed E-state index contributed by atoms with van der Waals surface area (Å²) in [7, 11) is 0. The zero-order valence-electron chi connectivity index (χ0n) is 8.97. The van der Waals surface area contributed by atoms with Crippen molar-refractivity contribution in [3.05, 3.63) is 54.1 Å². The van der Waals surface area contributed by atoms with Crippen LogP contribution < -0.4 is 4.74 Å². The van der Waals surface area contributed by atoms with Gasteiger partial charge in [0.15, 0.2) is 0 Å². The monoisotopic (exact) mass is 212 g/mol. The molecule has 3 nitrogen and oxygen atoms in total. The van der Waals surface area contributed by atoms with Gasteiger partial charge in [0, 0.05) is 23.5 Å². The van der Waals surface area contributed by atoms with Crippen LogP contribution in [0.25, 0.3) is 5.57 Å². The molecule has 1 aliphatic heterocycles. The number of para-hydroxylation sites is 1. The fraction of sp³-hybridized carbons (Fsp3) is 0.154. The minimum absolute atomic E-state index is 0.0787. The van der Waals surface area contributed by atoms with Crippen LogP contribution in [0.4, 0.5) is 0 Å². The lowest BCUT2D eigenvalue weighted by atomic mass is 10.00. The molecule has 0 radical (unpaired) electrons. The molecule has 0 fully saturated rings. The van der Waals surface area contributed by atoms with E-state index in [-0.39, 0.29) is 6.10 Å². The van der Waals surface area contributed by atoms with Gasteiger partial charge in [-0.15, -0.1) is 0 Å². The highest BCUT2D eigenvalue weighted by Gasteiger charge is 2.19. The maximum absolute atomic E-state index is 5.74. The lowest BCUT2D eigenvalue weighted by Crippen LogP contribution is -2.15. The van der Waals surface area contributed by atoms with Crippen molar-refractivity contribution < 1.29 is 4.74 Å². The van der Waals surface area contributed by atoms with Gasteiger partial charge in [-0.3, -0.25) is 0 Å². The second kappa shape index (κ2) is 3.52. The third-order valence-electron chi connectivity index (χ3n) is 2.64. The molecule has 0 spiro atoms. The fourth-order valence-corrected chi connectivity index (χ4v) is 1.97. The van der Waals surface area contributed by atoms with Crippen molar-refractivity contribution in [2.24, 2.45) is 0 Å². The van der Waals surface area contributed by atoms with Crippen LogP contribution in [0.1, 0.15) is 18.3 Å². The number of hydrogen-bond acceptors (Lipinski definition) is 2. The largest absolute Gasteiger partial charge is 0.486 e. The predicted octanol–water partition coefficient (Wildman–Crippen LogP) is 2.62. The molecule has 0 bridgehead atoms. The highest BCUT2D eigenvalue weighted by Crippen LogP contribution is 2.34. The zero-order valence-corrected chi connectivity index (χ0v) is 8.97. The molecule has 1 aromatic carbocycles. The smallest absolute Gasteiger partial charge is 0.137 e. The van der Waals surface area contributed by atoms with Gasteiger partial charge in [0.05, 0.1) is 0 Å². The van der Waals surface area contributed by atoms with Crippen LogP contribution in [-0.2, 0) is 0 Å². The van der Waals surface area contributed by atoms with Crippen LogP contribution in [0.15, 0.2) is 42.7 Å². The minimum Gasteiger partial charge on any atom is -0.486 e. The van der Waals surface area contributed by atoms with Crippen LogP contribution in [0, 0.1) is 0 Å². The van der Waals surface area contributed by atoms with Gasteiger partial charge in [-0.25, -0.2) is 4.98 Å². The SMILES string of the molecule is CC1C=C(c2ncc[nH]2)c2ccccc2O1. The molecule has 1 N–H and O–H groups in total. The molecule has 80 valence electrons. The molecule has 16 heavy (non-hydrogen) atoms. The molecular formula is C13H12N2O. The third-order valence-corrected chi connectivity index (χ3v) is 2.64. The number of rotatable bonds is 1. The van der Waals surface area contributed by atoms with Crippen LogP contribution in [0.2, 0.25) is 0 Å². The first-order chi connectivity index (χ1) is 7.84. The Balaban J connectivity index is 2.17. The molecule has 0 amide bonds. The van der Waals surface area contributed by atoms with Gasteiger partial charge in [-0.05, 0) is 19.1 Å². The molecule has 3 rings (SSSR count). The number of nitrogens with zero attached hydrogens (tertiary/aromatic N) is 1. The van der Waals surface area contributed by atoms with Gasteiger partial charge in [0.25, 0.3) is 0 Å². The quantitative estimate of drug-likeness (QED) is 0.789. The number of H-pyrrole nitrogens is 1. The van der Waals surface area contributed by atoms with Crippen molar-refractivity contribution in [2.45, 2.75) is 13.0 Å². The molecule has 0 aliphatic carbocycles. The standard InChI is InChI=1S/C13H12N2O/c1-9-8-11(13-14-6-7-15-13)10-4-2-3-5-12(10)16-9/h2-9H,1H3,(H,14,15). The fourth-order valence-electron chi connectivity index (χ4n) is 1.97. The van der Waals surface area contributed by atoms with Crippen molar-refractivity contribution in [3.63, 3.8) is 0 Å². The minimum atomic E-state index is 0.0787. The van der Waals surface area contributed by atoms with Crippen LogP contribution >= 0.6 is 0 Å². The van der Waals surface area contributed by atoms with Crippen molar-refractivity contribution in [3.8, 4) is 5.75 Å². The number of ether oxygens (including phenoxy) is 1. The summed E-state index contributed by atoms with van der Waals surface area (Å²) in [6, 6.07) is 8.03. The number of hydrogen-bond donors (Lipinski definition) is 1. The maximum atomic E-state index is 5.74. The number of aromatic nitrogens is 2. The van der Waals surface area contributed by atoms with Gasteiger partial charge >= 0.3 is 0 Å². The molecule has 1 aromatic heterocycles. The molecule has 3 heteroatoms. The van der Waals surface area contributed by atoms with Crippen molar-refractivity contribution in [1.29, 1.82) is 0 Å². The second-order valence-electron chi connectivity index (χ2n) is 3.84. The van der Waals surface area contributed by atoms with E-state index < -0.39 is 0 Å². The van der Waals surface area contributed by atoms with E-state index in [0.29, 0.717) is 0 Å². The van der Waals surface area contributed by atoms with E-state index in [9.17, 15) is 0 Å². The molecule has 1 aliphatic rings. The normalized spacial score (nSPS) is 18.6. The van der Waals surface area contributed by atoms with Crippen molar-refractivity contribution in [2.75, 3.05) is 0 Å². The van der Waals surface area contributed by atoms with E-state index in [1.807, 2.05) is 31.3 Å². The lowest BCUT2D eigenvalue weighted by Gasteiger charge is -2.22. The summed E-state index contributed by atoms with van der Waals surface area (Å²) in [6.45, 7) is 2.03. The first-order valence-electron chi connectivity index (χ1n) is 5.32. The van der Waals surface area contributed by atoms with Gasteiger partial charge in [-0.2, -0.15) is 0 Å². The second-order valence-corrected chi connectivity index (χ2v) is 3.84. The summed E-state index contributed by atoms with van der Waals surface area (Å²) >= 11 is 0. The van der Waals surface area contributed by atoms with Gasteiger partial charge in [0.2, 0.25) is 0 Å². The Bertz CT molecular complexity index is 529. The van der Waals surface area contributed by atoms with Gasteiger partial charge < -0.3 is 9.72 Å². The van der Waals surface area contributed by atoms with E-state index in [2.05, 4.69) is 22.1 Å². The van der Waals surface area contributed by atoms with E-state index in [1.165, 1.54) is 0 Å². The number of aromatic amines is 1. The molecule has 0 saturated heterocycles. The molecule has 1 atom stereocenters. The predicted molar refractivity (Wildman–Crippen MR) is 62.2 cm³/mol. The van der Waals surface area contributed by atoms with Gasteiger partial charge in [-0.1, -0.05) is 18.2 Å². The van der Waals surface area contributed by atoms with Crippen LogP contribution in [-0.4, -0.2) is 16.1 Å². The van der Waals surface area contributed by atoms with Crippen molar-refractivity contribution in [1.82, 2.24) is 9.97 Å². The highest BCUT2D eigenvalue weighted by molar-refractivity contribution is 5.81. The van der Waals surface area contributed by atoms with E-state index in [4.69, 9.17) is 4.74 Å². The van der Waals surface area contributed by atoms with E-state index >= 15 is 0 Å². The summed E-state index contributed by atoms with van der Waals surface area (Å²) in [4.78, 5) is 7.43. The average molecular weight is 212 g/mol. The summed E-state index contributed by atoms with van der Waals surface area (Å²) < 4.78 is 5.74. The molecular weight excluding hydrogens is 200 g/mol. The van der Waals surface area contributed by atoms with Gasteiger partial charge in [0.1, 0.15) is 17.7 Å². The van der Waals surface area contributed by atoms with Crippen LogP contribution in [0.5, 0.6) is 5.75 Å².